The number of imidazole rings is 1. The molecule has 0 fully saturated rings. The fourth-order valence-electron chi connectivity index (χ4n) is 1.51. The van der Waals surface area contributed by atoms with E-state index in [0.29, 0.717) is 23.0 Å². The molecule has 0 aliphatic heterocycles. The first-order chi connectivity index (χ1) is 7.60. The van der Waals surface area contributed by atoms with Crippen LogP contribution in [0.5, 0.6) is 5.88 Å². The van der Waals surface area contributed by atoms with Gasteiger partial charge in [-0.25, -0.2) is 9.97 Å². The van der Waals surface area contributed by atoms with Crippen LogP contribution < -0.4 is 4.74 Å². The van der Waals surface area contributed by atoms with E-state index in [1.165, 1.54) is 7.11 Å². The number of carboxylic acids is 1. The summed E-state index contributed by atoms with van der Waals surface area (Å²) in [5.41, 5.74) is 1.14. The lowest BCUT2D eigenvalue weighted by atomic mass is 10.3. The van der Waals surface area contributed by atoms with Crippen LogP contribution in [0.4, 0.5) is 0 Å². The van der Waals surface area contributed by atoms with Crippen LogP contribution in [0.1, 0.15) is 11.5 Å². The topological polar surface area (TPSA) is 76.7 Å². The van der Waals surface area contributed by atoms with E-state index in [1.807, 2.05) is 6.92 Å². The minimum absolute atomic E-state index is 0.0938. The van der Waals surface area contributed by atoms with E-state index in [0.717, 1.165) is 0 Å². The van der Waals surface area contributed by atoms with Crippen molar-refractivity contribution in [3.8, 4) is 5.88 Å². The number of ether oxygens (including phenoxy) is 1. The van der Waals surface area contributed by atoms with Crippen LogP contribution in [0.2, 0.25) is 0 Å². The molecule has 0 unspecified atom stereocenters. The average molecular weight is 221 g/mol. The molecule has 2 rings (SSSR count). The molecule has 2 heterocycles. The summed E-state index contributed by atoms with van der Waals surface area (Å²) in [6.07, 6.45) is 1.58. The first kappa shape index (κ1) is 10.4. The second-order valence-corrected chi connectivity index (χ2v) is 3.38. The number of aliphatic carboxylic acids is 1. The number of rotatable bonds is 3. The Morgan fingerprint density at radius 3 is 2.94 bits per heavy atom. The first-order valence-electron chi connectivity index (χ1n) is 4.71. The Bertz CT molecular complexity index is 547. The third kappa shape index (κ3) is 1.81. The average Bonchev–Trinajstić information content (AvgIpc) is 2.59. The van der Waals surface area contributed by atoms with Crippen LogP contribution in [0.3, 0.4) is 0 Å². The predicted octanol–water partition coefficient (Wildman–Crippen LogP) is 0.673. The van der Waals surface area contributed by atoms with E-state index in [1.54, 1.807) is 16.7 Å². The minimum Gasteiger partial charge on any atom is -0.481 e. The number of nitrogens with zero attached hydrogens (tertiary/aromatic N) is 3. The molecule has 2 aromatic heterocycles. The monoisotopic (exact) mass is 221 g/mol. The van der Waals surface area contributed by atoms with Gasteiger partial charge in [0.25, 0.3) is 0 Å². The van der Waals surface area contributed by atoms with Gasteiger partial charge in [0, 0.05) is 12.3 Å². The lowest BCUT2D eigenvalue weighted by molar-refractivity contribution is -0.136. The molecule has 0 radical (unpaired) electrons. The van der Waals surface area contributed by atoms with E-state index < -0.39 is 5.97 Å². The van der Waals surface area contributed by atoms with Crippen LogP contribution in [-0.4, -0.2) is 32.6 Å². The van der Waals surface area contributed by atoms with Crippen molar-refractivity contribution in [1.82, 2.24) is 14.4 Å². The summed E-state index contributed by atoms with van der Waals surface area (Å²) in [7, 11) is 1.53. The Morgan fingerprint density at radius 1 is 1.56 bits per heavy atom. The Kier molecular flexibility index (Phi) is 2.47. The van der Waals surface area contributed by atoms with Crippen molar-refractivity contribution in [1.29, 1.82) is 0 Å². The van der Waals surface area contributed by atoms with Gasteiger partial charge in [0.2, 0.25) is 5.88 Å². The molecule has 0 aromatic carbocycles. The zero-order chi connectivity index (χ0) is 11.7. The number of carbonyl (C=O) groups is 1. The molecule has 0 aliphatic carbocycles. The highest BCUT2D eigenvalue weighted by atomic mass is 16.5. The lowest BCUT2D eigenvalue weighted by Crippen LogP contribution is -1.99. The zero-order valence-corrected chi connectivity index (χ0v) is 8.97. The molecule has 0 spiro atoms. The first-order valence-corrected chi connectivity index (χ1v) is 4.71. The Balaban J connectivity index is 2.52. The number of hydrogen-bond donors (Lipinski definition) is 1. The molecule has 1 N–H and O–H groups in total. The number of aromatic nitrogens is 3. The standard InChI is InChI=1S/C10H11N3O3/c1-6-11-9(16-2)4-8-12-7(3-10(14)15)5-13(6)8/h4-5H,3H2,1-2H3,(H,14,15). The normalized spacial score (nSPS) is 10.6. The predicted molar refractivity (Wildman–Crippen MR) is 55.6 cm³/mol. The maximum Gasteiger partial charge on any atom is 0.309 e. The fourth-order valence-corrected chi connectivity index (χ4v) is 1.51. The molecule has 2 aromatic rings. The highest BCUT2D eigenvalue weighted by molar-refractivity contribution is 5.69. The number of fused-ring (bicyclic) bond motifs is 1. The third-order valence-electron chi connectivity index (χ3n) is 2.20. The lowest BCUT2D eigenvalue weighted by Gasteiger charge is -2.01. The number of methoxy groups -OCH3 is 1. The van der Waals surface area contributed by atoms with Gasteiger partial charge in [0.15, 0.2) is 0 Å². The molecule has 0 bridgehead atoms. The van der Waals surface area contributed by atoms with Crippen LogP contribution in [-0.2, 0) is 11.2 Å². The highest BCUT2D eigenvalue weighted by Gasteiger charge is 2.09. The number of hydrogen-bond acceptors (Lipinski definition) is 4. The maximum absolute atomic E-state index is 10.6. The summed E-state index contributed by atoms with van der Waals surface area (Å²) >= 11 is 0. The van der Waals surface area contributed by atoms with Crippen LogP contribution in [0.25, 0.3) is 5.65 Å². The molecular formula is C10H11N3O3. The van der Waals surface area contributed by atoms with E-state index in [-0.39, 0.29) is 6.42 Å². The van der Waals surface area contributed by atoms with E-state index in [9.17, 15) is 4.79 Å². The van der Waals surface area contributed by atoms with Gasteiger partial charge in [-0.2, -0.15) is 0 Å². The third-order valence-corrected chi connectivity index (χ3v) is 2.20. The molecule has 0 saturated heterocycles. The van der Waals surface area contributed by atoms with Crippen molar-refractivity contribution in [3.05, 3.63) is 23.8 Å². The zero-order valence-electron chi connectivity index (χ0n) is 8.97. The summed E-state index contributed by atoms with van der Waals surface area (Å²) in [5, 5.41) is 8.67. The highest BCUT2D eigenvalue weighted by Crippen LogP contribution is 2.14. The van der Waals surface area contributed by atoms with E-state index in [2.05, 4.69) is 9.97 Å². The quantitative estimate of drug-likeness (QED) is 0.824. The number of carboxylic acid groups (broad SMARTS) is 1. The van der Waals surface area contributed by atoms with Gasteiger partial charge in [-0.3, -0.25) is 9.20 Å². The molecule has 6 heteroatoms. The Hall–Kier alpha value is -2.11. The Morgan fingerprint density at radius 2 is 2.31 bits per heavy atom. The SMILES string of the molecule is COc1cc2nc(CC(=O)O)cn2c(C)n1. The molecule has 0 aliphatic rings. The van der Waals surface area contributed by atoms with Gasteiger partial charge in [-0.15, -0.1) is 0 Å². The van der Waals surface area contributed by atoms with Crippen molar-refractivity contribution >= 4 is 11.6 Å². The largest absolute Gasteiger partial charge is 0.481 e. The van der Waals surface area contributed by atoms with Gasteiger partial charge in [0.1, 0.15) is 11.5 Å². The second kappa shape index (κ2) is 3.80. The molecule has 0 amide bonds. The summed E-state index contributed by atoms with van der Waals surface area (Å²) in [6, 6.07) is 1.67. The fraction of sp³-hybridized carbons (Fsp3) is 0.300. The molecule has 0 saturated carbocycles. The maximum atomic E-state index is 10.6. The Labute approximate surface area is 91.5 Å². The van der Waals surface area contributed by atoms with Crippen molar-refractivity contribution < 1.29 is 14.6 Å². The van der Waals surface area contributed by atoms with E-state index in [4.69, 9.17) is 9.84 Å². The second-order valence-electron chi connectivity index (χ2n) is 3.38. The summed E-state index contributed by atoms with van der Waals surface area (Å²) in [6.45, 7) is 1.81. The van der Waals surface area contributed by atoms with E-state index >= 15 is 0 Å². The van der Waals surface area contributed by atoms with Gasteiger partial charge < -0.3 is 9.84 Å². The summed E-state index contributed by atoms with van der Waals surface area (Å²) in [4.78, 5) is 18.9. The summed E-state index contributed by atoms with van der Waals surface area (Å²) in [5.74, 6) is 0.275. The van der Waals surface area contributed by atoms with Crippen molar-refractivity contribution in [2.75, 3.05) is 7.11 Å². The smallest absolute Gasteiger partial charge is 0.309 e. The molecular weight excluding hydrogens is 210 g/mol. The van der Waals surface area contributed by atoms with Gasteiger partial charge in [-0.05, 0) is 6.92 Å². The molecule has 0 atom stereocenters. The van der Waals surface area contributed by atoms with Crippen molar-refractivity contribution in [2.24, 2.45) is 0 Å². The van der Waals surface area contributed by atoms with Crippen LogP contribution in [0.15, 0.2) is 12.3 Å². The van der Waals surface area contributed by atoms with Gasteiger partial charge >= 0.3 is 5.97 Å². The molecule has 84 valence electrons. The molecule has 16 heavy (non-hydrogen) atoms. The minimum atomic E-state index is -0.902. The van der Waals surface area contributed by atoms with Crippen LogP contribution in [0, 0.1) is 6.92 Å². The summed E-state index contributed by atoms with van der Waals surface area (Å²) < 4.78 is 6.75. The molecule has 6 nitrogen and oxygen atoms in total. The van der Waals surface area contributed by atoms with Gasteiger partial charge in [0.05, 0.1) is 19.2 Å². The van der Waals surface area contributed by atoms with Gasteiger partial charge in [-0.1, -0.05) is 0 Å². The number of aryl methyl sites for hydroxylation is 1. The van der Waals surface area contributed by atoms with Crippen molar-refractivity contribution in [2.45, 2.75) is 13.3 Å². The van der Waals surface area contributed by atoms with Crippen LogP contribution >= 0.6 is 0 Å². The van der Waals surface area contributed by atoms with Crippen molar-refractivity contribution in [3.63, 3.8) is 0 Å².